The van der Waals surface area contributed by atoms with Gasteiger partial charge in [0.25, 0.3) is 0 Å². The van der Waals surface area contributed by atoms with Crippen molar-refractivity contribution in [1.29, 1.82) is 0 Å². The average Bonchev–Trinajstić information content (AvgIpc) is 2.78. The second kappa shape index (κ2) is 16.8. The first-order valence-corrected chi connectivity index (χ1v) is 12.4. The van der Waals surface area contributed by atoms with Crippen LogP contribution in [-0.4, -0.2) is 89.2 Å². The molecule has 14 nitrogen and oxygen atoms in total. The van der Waals surface area contributed by atoms with E-state index in [1.54, 1.807) is 13.8 Å². The predicted octanol–water partition coefficient (Wildman–Crippen LogP) is -2.88. The average molecular weight is 532 g/mol. The standard InChI is InChI=1S/C23H45N7O7/c1-11(2)10-16(28-22(35)17(12(3)4)29-19(32)14(26)6-8-24)21(34)27-15(7-9-25)20(33)30-18(13(5)31)23(36)37/h11-18,31H,6-10,24-26H2,1-5H3,(H,27,34)(H,28,35)(H,29,32)(H,30,33)(H,36,37)/t13-,14+,15+,16+,17-,18+/m1/s1. The van der Waals surface area contributed by atoms with Crippen molar-refractivity contribution in [2.45, 2.75) is 90.2 Å². The first-order valence-electron chi connectivity index (χ1n) is 12.4. The zero-order valence-corrected chi connectivity index (χ0v) is 22.3. The number of nitrogens with two attached hydrogens (primary N) is 3. The third-order valence-electron chi connectivity index (χ3n) is 5.54. The van der Waals surface area contributed by atoms with Crippen LogP contribution in [0, 0.1) is 11.8 Å². The van der Waals surface area contributed by atoms with Crippen LogP contribution in [0.25, 0.3) is 0 Å². The molecule has 0 heterocycles. The van der Waals surface area contributed by atoms with Crippen LogP contribution >= 0.6 is 0 Å². The number of carbonyl (C=O) groups is 5. The van der Waals surface area contributed by atoms with Crippen LogP contribution in [0.1, 0.15) is 53.9 Å². The Morgan fingerprint density at radius 1 is 0.703 bits per heavy atom. The fourth-order valence-corrected chi connectivity index (χ4v) is 3.42. The van der Waals surface area contributed by atoms with Crippen molar-refractivity contribution >= 4 is 29.6 Å². The molecule has 0 aliphatic heterocycles. The summed E-state index contributed by atoms with van der Waals surface area (Å²) in [5, 5.41) is 28.8. The van der Waals surface area contributed by atoms with Crippen molar-refractivity contribution in [1.82, 2.24) is 21.3 Å². The summed E-state index contributed by atoms with van der Waals surface area (Å²) in [6, 6.07) is -5.73. The summed E-state index contributed by atoms with van der Waals surface area (Å²) >= 11 is 0. The van der Waals surface area contributed by atoms with Crippen LogP contribution in [0.15, 0.2) is 0 Å². The molecule has 0 radical (unpaired) electrons. The van der Waals surface area contributed by atoms with Gasteiger partial charge in [0.2, 0.25) is 23.6 Å². The lowest BCUT2D eigenvalue weighted by Gasteiger charge is -2.28. The van der Waals surface area contributed by atoms with E-state index in [1.807, 2.05) is 13.8 Å². The summed E-state index contributed by atoms with van der Waals surface area (Å²) in [7, 11) is 0. The molecule has 0 aromatic heterocycles. The number of amides is 4. The van der Waals surface area contributed by atoms with E-state index in [4.69, 9.17) is 17.2 Å². The molecule has 0 aromatic carbocycles. The number of nitrogens with one attached hydrogen (secondary N) is 4. The van der Waals surface area contributed by atoms with E-state index in [2.05, 4.69) is 21.3 Å². The first kappa shape index (κ1) is 34.2. The van der Waals surface area contributed by atoms with Crippen LogP contribution in [-0.2, 0) is 24.0 Å². The lowest BCUT2D eigenvalue weighted by molar-refractivity contribution is -0.145. The molecule has 0 unspecified atom stereocenters. The molecule has 214 valence electrons. The number of rotatable bonds is 17. The number of hydrogen-bond donors (Lipinski definition) is 9. The van der Waals surface area contributed by atoms with Crippen molar-refractivity contribution in [3.05, 3.63) is 0 Å². The number of carbonyl (C=O) groups excluding carboxylic acids is 4. The zero-order chi connectivity index (χ0) is 28.9. The third-order valence-corrected chi connectivity index (χ3v) is 5.54. The molecule has 14 heteroatoms. The van der Waals surface area contributed by atoms with Crippen LogP contribution in [0.3, 0.4) is 0 Å². The van der Waals surface area contributed by atoms with Crippen molar-refractivity contribution in [2.75, 3.05) is 13.1 Å². The van der Waals surface area contributed by atoms with Gasteiger partial charge >= 0.3 is 5.97 Å². The SMILES string of the molecule is CC(C)C[C@H](NC(=O)[C@H](NC(=O)[C@@H](N)CCN)C(C)C)C(=O)N[C@@H](CCN)C(=O)N[C@H](C(=O)O)[C@@H](C)O. The van der Waals surface area contributed by atoms with Gasteiger partial charge in [0.1, 0.15) is 18.1 Å². The van der Waals surface area contributed by atoms with Gasteiger partial charge in [-0.3, -0.25) is 19.2 Å². The molecule has 12 N–H and O–H groups in total. The van der Waals surface area contributed by atoms with Crippen LogP contribution < -0.4 is 38.5 Å². The molecule has 0 aliphatic rings. The number of carboxylic acid groups (broad SMARTS) is 1. The Labute approximate surface area is 217 Å². The van der Waals surface area contributed by atoms with E-state index in [0.29, 0.717) is 0 Å². The fraction of sp³-hybridized carbons (Fsp3) is 0.783. The molecule has 4 amide bonds. The Hall–Kier alpha value is -2.81. The number of aliphatic hydroxyl groups excluding tert-OH is 1. The smallest absolute Gasteiger partial charge is 0.328 e. The van der Waals surface area contributed by atoms with Gasteiger partial charge in [-0.25, -0.2) is 4.79 Å². The van der Waals surface area contributed by atoms with E-state index in [9.17, 15) is 34.2 Å². The van der Waals surface area contributed by atoms with E-state index in [0.717, 1.165) is 0 Å². The molecule has 0 spiro atoms. The van der Waals surface area contributed by atoms with Gasteiger partial charge in [0.15, 0.2) is 6.04 Å². The number of aliphatic carboxylic acids is 1. The van der Waals surface area contributed by atoms with Crippen LogP contribution in [0.5, 0.6) is 0 Å². The third kappa shape index (κ3) is 12.3. The van der Waals surface area contributed by atoms with E-state index >= 15 is 0 Å². The molecule has 0 saturated carbocycles. The Balaban J connectivity index is 5.66. The van der Waals surface area contributed by atoms with Gasteiger partial charge in [-0.05, 0) is 51.1 Å². The minimum Gasteiger partial charge on any atom is -0.480 e. The van der Waals surface area contributed by atoms with E-state index < -0.39 is 65.9 Å². The first-order chi connectivity index (χ1) is 17.2. The summed E-state index contributed by atoms with van der Waals surface area (Å²) < 4.78 is 0. The molecule has 0 fully saturated rings. The fourth-order valence-electron chi connectivity index (χ4n) is 3.42. The van der Waals surface area contributed by atoms with Gasteiger partial charge in [0.05, 0.1) is 12.1 Å². The number of hydrogen-bond acceptors (Lipinski definition) is 9. The maximum Gasteiger partial charge on any atom is 0.328 e. The molecule has 0 aliphatic carbocycles. The largest absolute Gasteiger partial charge is 0.480 e. The normalized spacial score (nSPS) is 16.2. The van der Waals surface area contributed by atoms with Crippen LogP contribution in [0.4, 0.5) is 0 Å². The maximum atomic E-state index is 13.1. The lowest BCUT2D eigenvalue weighted by Crippen LogP contribution is -2.60. The Morgan fingerprint density at radius 2 is 1.19 bits per heavy atom. The molecule has 6 atom stereocenters. The van der Waals surface area contributed by atoms with Crippen molar-refractivity contribution in [2.24, 2.45) is 29.0 Å². The van der Waals surface area contributed by atoms with Gasteiger partial charge in [-0.1, -0.05) is 27.7 Å². The molecular weight excluding hydrogens is 486 g/mol. The highest BCUT2D eigenvalue weighted by atomic mass is 16.4. The highest BCUT2D eigenvalue weighted by molar-refractivity contribution is 5.95. The van der Waals surface area contributed by atoms with Gasteiger partial charge in [0, 0.05) is 0 Å². The van der Waals surface area contributed by atoms with Crippen LogP contribution in [0.2, 0.25) is 0 Å². The summed E-state index contributed by atoms with van der Waals surface area (Å²) in [6.07, 6.45) is -0.954. The maximum absolute atomic E-state index is 13.1. The van der Waals surface area contributed by atoms with Crippen molar-refractivity contribution in [3.63, 3.8) is 0 Å². The molecule has 0 aromatic rings. The summed E-state index contributed by atoms with van der Waals surface area (Å²) in [5.41, 5.74) is 16.8. The molecule has 0 saturated heterocycles. The minimum atomic E-state index is -1.59. The quantitative estimate of drug-likeness (QED) is 0.0926. The summed E-state index contributed by atoms with van der Waals surface area (Å²) in [4.78, 5) is 62.6. The van der Waals surface area contributed by atoms with Crippen molar-refractivity contribution < 1.29 is 34.2 Å². The van der Waals surface area contributed by atoms with Gasteiger partial charge in [-0.2, -0.15) is 0 Å². The Bertz CT molecular complexity index is 777. The summed E-state index contributed by atoms with van der Waals surface area (Å²) in [6.45, 7) is 8.52. The molecule has 0 bridgehead atoms. The zero-order valence-electron chi connectivity index (χ0n) is 22.3. The topological polar surface area (TPSA) is 252 Å². The predicted molar refractivity (Wildman–Crippen MR) is 137 cm³/mol. The lowest BCUT2D eigenvalue weighted by atomic mass is 9.99. The monoisotopic (exact) mass is 531 g/mol. The Morgan fingerprint density at radius 3 is 1.62 bits per heavy atom. The highest BCUT2D eigenvalue weighted by Crippen LogP contribution is 2.09. The Kier molecular flexibility index (Phi) is 15.6. The van der Waals surface area contributed by atoms with Crippen molar-refractivity contribution in [3.8, 4) is 0 Å². The second-order valence-electron chi connectivity index (χ2n) is 9.81. The molecule has 37 heavy (non-hydrogen) atoms. The highest BCUT2D eigenvalue weighted by Gasteiger charge is 2.33. The summed E-state index contributed by atoms with van der Waals surface area (Å²) in [5.74, 6) is -4.50. The molecular formula is C23H45N7O7. The minimum absolute atomic E-state index is 0.00347. The van der Waals surface area contributed by atoms with Gasteiger partial charge < -0.3 is 48.7 Å². The number of aliphatic hydroxyl groups is 1. The van der Waals surface area contributed by atoms with E-state index in [1.165, 1.54) is 6.92 Å². The molecule has 0 rings (SSSR count). The van der Waals surface area contributed by atoms with Gasteiger partial charge in [-0.15, -0.1) is 0 Å². The number of carboxylic acids is 1. The second-order valence-corrected chi connectivity index (χ2v) is 9.81. The van der Waals surface area contributed by atoms with E-state index in [-0.39, 0.29) is 44.2 Å².